The maximum absolute atomic E-state index is 14.9. The molecule has 4 fully saturated rings. The number of fused-ring (bicyclic) bond motifs is 3. The number of amides is 6. The number of carbonyl (C=O) groups excluding carboxylic acids is 7. The third kappa shape index (κ3) is 10.0. The van der Waals surface area contributed by atoms with Crippen molar-refractivity contribution in [3.8, 4) is 0 Å². The van der Waals surface area contributed by atoms with Crippen molar-refractivity contribution in [2.24, 2.45) is 5.92 Å². The molecule has 59 heavy (non-hydrogen) atoms. The molecule has 4 aliphatic heterocycles. The Hall–Kier alpha value is -5.10. The monoisotopic (exact) mass is 838 g/mol. The fourth-order valence-electron chi connectivity index (χ4n) is 8.15. The highest BCUT2D eigenvalue weighted by Crippen LogP contribution is 2.29. The average Bonchev–Trinajstić information content (AvgIpc) is 3.88. The zero-order valence-corrected chi connectivity index (χ0v) is 33.3. The number of cyclic esters (lactones) is 1. The van der Waals surface area contributed by atoms with Gasteiger partial charge in [-0.15, -0.1) is 0 Å². The predicted molar refractivity (Wildman–Crippen MR) is 199 cm³/mol. The van der Waals surface area contributed by atoms with Gasteiger partial charge in [-0.05, 0) is 63.4 Å². The second-order valence-electron chi connectivity index (χ2n) is 15.6. The lowest BCUT2D eigenvalue weighted by Crippen LogP contribution is -2.62. The standard InChI is InChI=1S/C40H51F5N6O8/c1-4-6-7-8-14-29(52)46-24(18-22-30(41)32(43)34(45)33(44)31(22)42)35(53)48-25-20-59-40(58)28-17-21(3)19-51(28)37(55)23(5-2)47-36(54)26-12-9-10-15-49(26)39(57)27-13-11-16-50(27)38(25)56/h8,14,21,23-28H,4-7,9-13,15-20H2,1-3H3,(H,46,52)(H,47,54)(H,48,53)/b14-8+/t21-,23+,24+,25+,26+,27+,28+/m1/s1. The van der Waals surface area contributed by atoms with Crippen LogP contribution < -0.4 is 16.0 Å². The van der Waals surface area contributed by atoms with Crippen LogP contribution in [0, 0.1) is 35.0 Å². The Labute approximate surface area is 338 Å². The van der Waals surface area contributed by atoms with Crippen molar-refractivity contribution >= 4 is 41.4 Å². The van der Waals surface area contributed by atoms with E-state index >= 15 is 0 Å². The summed E-state index contributed by atoms with van der Waals surface area (Å²) in [5, 5.41) is 7.33. The van der Waals surface area contributed by atoms with Crippen LogP contribution in [0.2, 0.25) is 0 Å². The molecule has 19 heteroatoms. The van der Waals surface area contributed by atoms with E-state index in [2.05, 4.69) is 16.0 Å². The molecule has 0 unspecified atom stereocenters. The highest BCUT2D eigenvalue weighted by molar-refractivity contribution is 5.98. The van der Waals surface area contributed by atoms with Crippen LogP contribution in [0.4, 0.5) is 22.0 Å². The fourth-order valence-corrected chi connectivity index (χ4v) is 8.15. The van der Waals surface area contributed by atoms with Crippen LogP contribution in [0.25, 0.3) is 0 Å². The molecule has 4 saturated heterocycles. The first-order valence-electron chi connectivity index (χ1n) is 20.3. The van der Waals surface area contributed by atoms with Gasteiger partial charge in [0.15, 0.2) is 23.3 Å². The lowest BCUT2D eigenvalue weighted by molar-refractivity contribution is -0.158. The predicted octanol–water partition coefficient (Wildman–Crippen LogP) is 2.70. The molecular weight excluding hydrogens is 787 g/mol. The largest absolute Gasteiger partial charge is 0.461 e. The first-order valence-corrected chi connectivity index (χ1v) is 20.3. The highest BCUT2D eigenvalue weighted by Gasteiger charge is 2.46. The molecule has 0 saturated carbocycles. The van der Waals surface area contributed by atoms with Crippen molar-refractivity contribution in [3.63, 3.8) is 0 Å². The number of ether oxygens (including phenoxy) is 1. The molecule has 324 valence electrons. The van der Waals surface area contributed by atoms with E-state index in [1.54, 1.807) is 13.8 Å². The Bertz CT molecular complexity index is 1820. The molecule has 0 aromatic heterocycles. The van der Waals surface area contributed by atoms with Crippen molar-refractivity contribution < 1.29 is 60.3 Å². The smallest absolute Gasteiger partial charge is 0.328 e. The van der Waals surface area contributed by atoms with Gasteiger partial charge in [-0.1, -0.05) is 39.7 Å². The minimum Gasteiger partial charge on any atom is -0.461 e. The lowest BCUT2D eigenvalue weighted by Gasteiger charge is -2.39. The number of piperidine rings is 1. The topological polar surface area (TPSA) is 175 Å². The van der Waals surface area contributed by atoms with Crippen LogP contribution in [0.3, 0.4) is 0 Å². The van der Waals surface area contributed by atoms with Gasteiger partial charge in [0.25, 0.3) is 0 Å². The van der Waals surface area contributed by atoms with Gasteiger partial charge in [-0.25, -0.2) is 26.7 Å². The number of benzene rings is 1. The summed E-state index contributed by atoms with van der Waals surface area (Å²) in [7, 11) is 0. The van der Waals surface area contributed by atoms with Crippen molar-refractivity contribution in [1.29, 1.82) is 0 Å². The number of hydrogen-bond donors (Lipinski definition) is 3. The number of hydrogen-bond acceptors (Lipinski definition) is 8. The van der Waals surface area contributed by atoms with Crippen LogP contribution in [0.1, 0.15) is 90.5 Å². The first-order chi connectivity index (χ1) is 28.1. The van der Waals surface area contributed by atoms with E-state index < -0.39 is 125 Å². The zero-order chi connectivity index (χ0) is 43.1. The van der Waals surface area contributed by atoms with Crippen LogP contribution in [-0.2, 0) is 44.7 Å². The van der Waals surface area contributed by atoms with Gasteiger partial charge in [0.2, 0.25) is 41.3 Å². The van der Waals surface area contributed by atoms with E-state index in [1.165, 1.54) is 20.8 Å². The summed E-state index contributed by atoms with van der Waals surface area (Å²) in [4.78, 5) is 101. The summed E-state index contributed by atoms with van der Waals surface area (Å²) in [6.07, 6.45) is 5.46. The number of carbonyl (C=O) groups is 7. The van der Waals surface area contributed by atoms with Gasteiger partial charge in [0, 0.05) is 31.6 Å². The maximum Gasteiger partial charge on any atom is 0.328 e. The zero-order valence-electron chi connectivity index (χ0n) is 33.3. The highest BCUT2D eigenvalue weighted by atomic mass is 19.2. The summed E-state index contributed by atoms with van der Waals surface area (Å²) in [5.74, 6) is -17.4. The quantitative estimate of drug-likeness (QED) is 0.0806. The van der Waals surface area contributed by atoms with Crippen molar-refractivity contribution in [1.82, 2.24) is 30.7 Å². The molecule has 14 nitrogen and oxygen atoms in total. The first kappa shape index (κ1) is 45.0. The molecule has 7 atom stereocenters. The Balaban J connectivity index is 1.52. The van der Waals surface area contributed by atoms with Crippen LogP contribution in [0.5, 0.6) is 0 Å². The second kappa shape index (κ2) is 19.8. The molecule has 0 spiro atoms. The minimum atomic E-state index is -2.43. The molecule has 0 radical (unpaired) electrons. The van der Waals surface area contributed by atoms with Gasteiger partial charge in [-0.3, -0.25) is 28.8 Å². The van der Waals surface area contributed by atoms with Crippen LogP contribution >= 0.6 is 0 Å². The molecule has 5 rings (SSSR count). The van der Waals surface area contributed by atoms with Gasteiger partial charge in [0.05, 0.1) is 0 Å². The van der Waals surface area contributed by atoms with Crippen molar-refractivity contribution in [3.05, 3.63) is 46.8 Å². The molecule has 4 heterocycles. The van der Waals surface area contributed by atoms with Gasteiger partial charge < -0.3 is 35.4 Å². The van der Waals surface area contributed by atoms with Crippen molar-refractivity contribution in [2.75, 3.05) is 26.2 Å². The van der Waals surface area contributed by atoms with Crippen LogP contribution in [-0.4, -0.2) is 119 Å². The fraction of sp³-hybridized carbons (Fsp3) is 0.625. The van der Waals surface area contributed by atoms with Gasteiger partial charge in [-0.2, -0.15) is 0 Å². The average molecular weight is 839 g/mol. The number of nitrogens with one attached hydrogen (secondary N) is 3. The molecule has 4 aliphatic rings. The molecule has 1 aromatic rings. The summed E-state index contributed by atoms with van der Waals surface area (Å²) in [5.41, 5.74) is -1.41. The molecule has 6 amide bonds. The molecule has 1 aromatic carbocycles. The Morgan fingerprint density at radius 3 is 2.15 bits per heavy atom. The molecule has 0 aliphatic carbocycles. The number of nitrogens with zero attached hydrogens (tertiary/aromatic N) is 3. The second-order valence-corrected chi connectivity index (χ2v) is 15.6. The Morgan fingerprint density at radius 1 is 0.831 bits per heavy atom. The summed E-state index contributed by atoms with van der Waals surface area (Å²) in [6, 6.07) is -8.11. The maximum atomic E-state index is 14.9. The van der Waals surface area contributed by atoms with E-state index in [4.69, 9.17) is 4.74 Å². The van der Waals surface area contributed by atoms with E-state index in [0.717, 1.165) is 12.5 Å². The molecule has 3 N–H and O–H groups in total. The third-order valence-corrected chi connectivity index (χ3v) is 11.3. The molecular formula is C40H51F5N6O8. The molecule has 0 bridgehead atoms. The third-order valence-electron chi connectivity index (χ3n) is 11.3. The van der Waals surface area contributed by atoms with E-state index in [1.807, 2.05) is 6.92 Å². The van der Waals surface area contributed by atoms with Gasteiger partial charge in [0.1, 0.15) is 42.9 Å². The van der Waals surface area contributed by atoms with E-state index in [-0.39, 0.29) is 44.8 Å². The van der Waals surface area contributed by atoms with Crippen LogP contribution in [0.15, 0.2) is 12.2 Å². The number of allylic oxidation sites excluding steroid dienone is 1. The Kier molecular flexibility index (Phi) is 15.1. The summed E-state index contributed by atoms with van der Waals surface area (Å²) in [6.45, 7) is 4.87. The number of unbranched alkanes of at least 4 members (excludes halogenated alkanes) is 2. The van der Waals surface area contributed by atoms with E-state index in [9.17, 15) is 55.5 Å². The normalized spacial score (nSPS) is 26.3. The summed E-state index contributed by atoms with van der Waals surface area (Å²) < 4.78 is 77.9. The Morgan fingerprint density at radius 2 is 1.47 bits per heavy atom. The minimum absolute atomic E-state index is 0.00780. The number of esters is 1. The lowest BCUT2D eigenvalue weighted by atomic mass is 9.98. The number of rotatable bonds is 10. The number of halogens is 5. The SMILES string of the molecule is CCCC/C=C/C(=O)N[C@@H](Cc1c(F)c(F)c(F)c(F)c1F)C(=O)N[C@H]1COC(=O)[C@@H]2C[C@@H](C)CN2C(=O)[C@H](CC)NC(=O)[C@@H]2CCCCN2C(=O)[C@@H]2CCCN2C1=O. The summed E-state index contributed by atoms with van der Waals surface area (Å²) >= 11 is 0. The van der Waals surface area contributed by atoms with Gasteiger partial charge >= 0.3 is 5.97 Å². The van der Waals surface area contributed by atoms with Crippen molar-refractivity contribution in [2.45, 2.75) is 128 Å². The van der Waals surface area contributed by atoms with E-state index in [0.29, 0.717) is 38.5 Å².